The van der Waals surface area contributed by atoms with Crippen LogP contribution in [0.5, 0.6) is 17.2 Å². The third-order valence-corrected chi connectivity index (χ3v) is 6.22. The van der Waals surface area contributed by atoms with E-state index in [0.29, 0.717) is 24.5 Å². The zero-order valence-electron chi connectivity index (χ0n) is 19.4. The van der Waals surface area contributed by atoms with Crippen LogP contribution in [0.15, 0.2) is 60.3 Å². The van der Waals surface area contributed by atoms with Crippen molar-refractivity contribution in [3.8, 4) is 17.2 Å². The molecule has 3 aromatic rings. The standard InChI is InChI=1S/C27H27FN2O4/c1-16-21(10-17-11-24(33-2)27(32)25(12-17)34-3)20-8-7-18(28)13-23(20)22(16)14-26(31)30-15-19-6-4-5-9-29-19/h4-9,11-13,22,32H,10,14-15H2,1-3H3,(H,30,31). The SMILES string of the molecule is COc1cc(CC2=C(C)C(CC(=O)NCc3ccccn3)c3cc(F)ccc32)cc(OC)c1O. The van der Waals surface area contributed by atoms with Gasteiger partial charge in [0.05, 0.1) is 26.5 Å². The lowest BCUT2D eigenvalue weighted by Crippen LogP contribution is -2.25. The fourth-order valence-electron chi connectivity index (χ4n) is 4.45. The molecule has 2 aromatic carbocycles. The van der Waals surface area contributed by atoms with Crippen LogP contribution in [-0.2, 0) is 17.8 Å². The van der Waals surface area contributed by atoms with Gasteiger partial charge in [-0.25, -0.2) is 4.39 Å². The summed E-state index contributed by atoms with van der Waals surface area (Å²) in [7, 11) is 2.96. The lowest BCUT2D eigenvalue weighted by atomic mass is 9.92. The quantitative estimate of drug-likeness (QED) is 0.504. The molecule has 0 saturated heterocycles. The molecule has 0 saturated carbocycles. The van der Waals surface area contributed by atoms with Gasteiger partial charge in [0.1, 0.15) is 5.82 Å². The second-order valence-electron chi connectivity index (χ2n) is 8.27. The van der Waals surface area contributed by atoms with E-state index in [1.165, 1.54) is 26.4 Å². The Morgan fingerprint density at radius 2 is 1.85 bits per heavy atom. The molecule has 34 heavy (non-hydrogen) atoms. The van der Waals surface area contributed by atoms with Crippen LogP contribution in [-0.4, -0.2) is 30.2 Å². The third-order valence-electron chi connectivity index (χ3n) is 6.22. The average molecular weight is 463 g/mol. The predicted octanol–water partition coefficient (Wildman–Crippen LogP) is 4.76. The molecule has 0 radical (unpaired) electrons. The van der Waals surface area contributed by atoms with E-state index in [1.54, 1.807) is 24.4 Å². The molecule has 2 N–H and O–H groups in total. The Hall–Kier alpha value is -3.87. The minimum atomic E-state index is -0.334. The van der Waals surface area contributed by atoms with E-state index in [1.807, 2.05) is 25.1 Å². The van der Waals surface area contributed by atoms with Crippen molar-refractivity contribution in [2.24, 2.45) is 0 Å². The first kappa shape index (κ1) is 23.3. The topological polar surface area (TPSA) is 80.7 Å². The van der Waals surface area contributed by atoms with Gasteiger partial charge in [-0.05, 0) is 72.0 Å². The third kappa shape index (κ3) is 4.73. The van der Waals surface area contributed by atoms with Crippen LogP contribution >= 0.6 is 0 Å². The molecule has 0 fully saturated rings. The van der Waals surface area contributed by atoms with Crippen LogP contribution in [0.25, 0.3) is 5.57 Å². The number of hydrogen-bond donors (Lipinski definition) is 2. The van der Waals surface area contributed by atoms with Crippen molar-refractivity contribution in [2.75, 3.05) is 14.2 Å². The van der Waals surface area contributed by atoms with Gasteiger partial charge in [0, 0.05) is 18.5 Å². The van der Waals surface area contributed by atoms with Gasteiger partial charge in [0.25, 0.3) is 0 Å². The molecule has 176 valence electrons. The molecule has 0 aliphatic heterocycles. The summed E-state index contributed by atoms with van der Waals surface area (Å²) in [6.07, 6.45) is 2.41. The first-order valence-electron chi connectivity index (χ1n) is 11.0. The molecular weight excluding hydrogens is 435 g/mol. The van der Waals surface area contributed by atoms with Gasteiger partial charge in [-0.15, -0.1) is 0 Å². The number of nitrogens with one attached hydrogen (secondary N) is 1. The minimum Gasteiger partial charge on any atom is -0.502 e. The Kier molecular flexibility index (Phi) is 6.82. The maximum atomic E-state index is 14.2. The van der Waals surface area contributed by atoms with Crippen LogP contribution in [0.2, 0.25) is 0 Å². The smallest absolute Gasteiger partial charge is 0.221 e. The second-order valence-corrected chi connectivity index (χ2v) is 8.27. The number of methoxy groups -OCH3 is 2. The Labute approximate surface area is 198 Å². The number of carbonyl (C=O) groups is 1. The fraction of sp³-hybridized carbons (Fsp3) is 0.259. The van der Waals surface area contributed by atoms with Gasteiger partial charge in [-0.3, -0.25) is 9.78 Å². The van der Waals surface area contributed by atoms with Crippen molar-refractivity contribution in [1.82, 2.24) is 10.3 Å². The molecule has 4 rings (SSSR count). The van der Waals surface area contributed by atoms with Gasteiger partial charge >= 0.3 is 0 Å². The molecule has 0 spiro atoms. The molecule has 1 aliphatic carbocycles. The molecule has 1 unspecified atom stereocenters. The summed E-state index contributed by atoms with van der Waals surface area (Å²) < 4.78 is 24.8. The largest absolute Gasteiger partial charge is 0.502 e. The number of halogens is 1. The molecule has 1 heterocycles. The highest BCUT2D eigenvalue weighted by molar-refractivity contribution is 5.84. The number of ether oxygens (including phenoxy) is 2. The highest BCUT2D eigenvalue weighted by Gasteiger charge is 2.31. The lowest BCUT2D eigenvalue weighted by molar-refractivity contribution is -0.121. The second kappa shape index (κ2) is 9.95. The first-order valence-corrected chi connectivity index (χ1v) is 11.0. The van der Waals surface area contributed by atoms with Gasteiger partial charge in [-0.1, -0.05) is 17.7 Å². The van der Waals surface area contributed by atoms with Crippen LogP contribution < -0.4 is 14.8 Å². The van der Waals surface area contributed by atoms with E-state index in [-0.39, 0.29) is 29.8 Å². The Bertz CT molecular complexity index is 1220. The van der Waals surface area contributed by atoms with E-state index in [4.69, 9.17) is 9.47 Å². The summed E-state index contributed by atoms with van der Waals surface area (Å²) in [5.41, 5.74) is 5.41. The fourth-order valence-corrected chi connectivity index (χ4v) is 4.45. The summed E-state index contributed by atoms with van der Waals surface area (Å²) >= 11 is 0. The summed E-state index contributed by atoms with van der Waals surface area (Å²) in [5, 5.41) is 13.2. The van der Waals surface area contributed by atoms with E-state index in [2.05, 4.69) is 10.3 Å². The van der Waals surface area contributed by atoms with Crippen LogP contribution in [0.1, 0.15) is 41.6 Å². The Balaban J connectivity index is 1.61. The van der Waals surface area contributed by atoms with Crippen molar-refractivity contribution in [3.63, 3.8) is 0 Å². The minimum absolute atomic E-state index is 0.0594. The zero-order valence-corrected chi connectivity index (χ0v) is 19.4. The van der Waals surface area contributed by atoms with Crippen LogP contribution in [0.3, 0.4) is 0 Å². The number of amides is 1. The number of rotatable bonds is 8. The summed E-state index contributed by atoms with van der Waals surface area (Å²) in [4.78, 5) is 17.0. The number of fused-ring (bicyclic) bond motifs is 1. The number of nitrogens with zero attached hydrogens (tertiary/aromatic N) is 1. The molecule has 1 amide bonds. The normalized spacial score (nSPS) is 14.6. The number of pyridine rings is 1. The molecule has 1 aromatic heterocycles. The highest BCUT2D eigenvalue weighted by atomic mass is 19.1. The van der Waals surface area contributed by atoms with Crippen molar-refractivity contribution in [2.45, 2.75) is 32.2 Å². The predicted molar refractivity (Wildman–Crippen MR) is 127 cm³/mol. The Morgan fingerprint density at radius 1 is 1.12 bits per heavy atom. The molecule has 6 nitrogen and oxygen atoms in total. The molecule has 0 bridgehead atoms. The maximum absolute atomic E-state index is 14.2. The number of allylic oxidation sites excluding steroid dienone is 2. The highest BCUT2D eigenvalue weighted by Crippen LogP contribution is 2.46. The number of hydrogen-bond acceptors (Lipinski definition) is 5. The zero-order chi connectivity index (χ0) is 24.2. The maximum Gasteiger partial charge on any atom is 0.221 e. The van der Waals surface area contributed by atoms with Gasteiger partial charge in [-0.2, -0.15) is 0 Å². The van der Waals surface area contributed by atoms with Gasteiger partial charge in [0.15, 0.2) is 11.5 Å². The molecule has 1 aliphatic rings. The summed E-state index contributed by atoms with van der Waals surface area (Å²) in [6.45, 7) is 2.32. The van der Waals surface area contributed by atoms with E-state index in [9.17, 15) is 14.3 Å². The van der Waals surface area contributed by atoms with E-state index >= 15 is 0 Å². The van der Waals surface area contributed by atoms with Crippen molar-refractivity contribution < 1.29 is 23.8 Å². The van der Waals surface area contributed by atoms with Crippen molar-refractivity contribution in [3.05, 3.63) is 88.5 Å². The van der Waals surface area contributed by atoms with Crippen LogP contribution in [0, 0.1) is 5.82 Å². The number of phenolic OH excluding ortho intramolecular Hbond substituents is 1. The number of benzene rings is 2. The van der Waals surface area contributed by atoms with Gasteiger partial charge in [0.2, 0.25) is 11.7 Å². The average Bonchev–Trinajstić information content (AvgIpc) is 3.09. The van der Waals surface area contributed by atoms with E-state index in [0.717, 1.165) is 33.5 Å². The first-order chi connectivity index (χ1) is 16.4. The molecular formula is C27H27FN2O4. The Morgan fingerprint density at radius 3 is 2.50 bits per heavy atom. The summed E-state index contributed by atoms with van der Waals surface area (Å²) in [6, 6.07) is 13.8. The van der Waals surface area contributed by atoms with Gasteiger partial charge < -0.3 is 19.9 Å². The number of aromatic nitrogens is 1. The number of phenols is 1. The number of carbonyl (C=O) groups excluding carboxylic acids is 1. The van der Waals surface area contributed by atoms with Crippen molar-refractivity contribution in [1.29, 1.82) is 0 Å². The summed E-state index contributed by atoms with van der Waals surface area (Å²) in [5.74, 6) is -0.119. The number of aromatic hydroxyl groups is 1. The molecule has 1 atom stereocenters. The van der Waals surface area contributed by atoms with E-state index < -0.39 is 0 Å². The lowest BCUT2D eigenvalue weighted by Gasteiger charge is -2.14. The monoisotopic (exact) mass is 462 g/mol. The van der Waals surface area contributed by atoms with Crippen LogP contribution in [0.4, 0.5) is 4.39 Å². The van der Waals surface area contributed by atoms with Crippen molar-refractivity contribution >= 4 is 11.5 Å². The molecule has 7 heteroatoms.